The summed E-state index contributed by atoms with van der Waals surface area (Å²) in [7, 11) is 0. The van der Waals surface area contributed by atoms with Gasteiger partial charge < -0.3 is 5.11 Å². The van der Waals surface area contributed by atoms with Crippen LogP contribution in [0.1, 0.15) is 12.8 Å². The molecular formula is C13H9F17O. The van der Waals surface area contributed by atoms with E-state index in [9.17, 15) is 74.6 Å². The summed E-state index contributed by atoms with van der Waals surface area (Å²) in [6.07, 6.45) is -14.0. The third-order valence-corrected chi connectivity index (χ3v) is 3.72. The maximum atomic E-state index is 13.4. The van der Waals surface area contributed by atoms with Gasteiger partial charge in [-0.25, -0.2) is 0 Å². The van der Waals surface area contributed by atoms with Crippen LogP contribution >= 0.6 is 0 Å². The molecule has 0 heterocycles. The van der Waals surface area contributed by atoms with Crippen molar-refractivity contribution in [1.29, 1.82) is 0 Å². The van der Waals surface area contributed by atoms with Crippen LogP contribution < -0.4 is 0 Å². The molecule has 1 nitrogen and oxygen atoms in total. The second-order valence-corrected chi connectivity index (χ2v) is 6.03. The third-order valence-electron chi connectivity index (χ3n) is 3.72. The molecule has 31 heavy (non-hydrogen) atoms. The summed E-state index contributed by atoms with van der Waals surface area (Å²) in [4.78, 5) is 0. The van der Waals surface area contributed by atoms with Crippen LogP contribution in [0.5, 0.6) is 0 Å². The molecule has 0 rings (SSSR count). The van der Waals surface area contributed by atoms with Crippen LogP contribution in [0.15, 0.2) is 12.7 Å². The first kappa shape index (κ1) is 29.5. The van der Waals surface area contributed by atoms with E-state index in [4.69, 9.17) is 5.11 Å². The summed E-state index contributed by atoms with van der Waals surface area (Å²) in [6, 6.07) is 0. The van der Waals surface area contributed by atoms with Crippen LogP contribution in [0.4, 0.5) is 74.6 Å². The van der Waals surface area contributed by atoms with Gasteiger partial charge in [0.15, 0.2) is 0 Å². The van der Waals surface area contributed by atoms with Crippen molar-refractivity contribution in [1.82, 2.24) is 0 Å². The first-order chi connectivity index (χ1) is 13.2. The fraction of sp³-hybridized carbons (Fsp3) is 0.846. The molecule has 0 fully saturated rings. The molecule has 0 aliphatic heterocycles. The molecular weight excluding hydrogens is 495 g/mol. The second-order valence-electron chi connectivity index (χ2n) is 6.03. The van der Waals surface area contributed by atoms with Gasteiger partial charge in [-0.05, 0) is 6.42 Å². The molecule has 0 aromatic rings. The number of halogens is 17. The largest absolute Gasteiger partial charge is 0.460 e. The van der Waals surface area contributed by atoms with Crippen molar-refractivity contribution in [3.8, 4) is 0 Å². The highest BCUT2D eigenvalue weighted by molar-refractivity contribution is 5.15. The Morgan fingerprint density at radius 3 is 1.13 bits per heavy atom. The fourth-order valence-corrected chi connectivity index (χ4v) is 1.90. The Kier molecular flexibility index (Phi) is 7.45. The number of aliphatic hydroxyl groups is 1. The molecule has 1 N–H and O–H groups in total. The lowest BCUT2D eigenvalue weighted by Gasteiger charge is -2.43. The third kappa shape index (κ3) is 4.15. The fourth-order valence-electron chi connectivity index (χ4n) is 1.90. The van der Waals surface area contributed by atoms with Crippen molar-refractivity contribution < 1.29 is 79.7 Å². The van der Waals surface area contributed by atoms with Crippen molar-refractivity contribution in [2.75, 3.05) is 0 Å². The Balaban J connectivity index is 6.59. The van der Waals surface area contributed by atoms with E-state index in [1.165, 1.54) is 0 Å². The first-order valence-electron chi connectivity index (χ1n) is 7.21. The molecule has 1 unspecified atom stereocenters. The quantitative estimate of drug-likeness (QED) is 0.273. The molecule has 0 aliphatic rings. The monoisotopic (exact) mass is 504 g/mol. The van der Waals surface area contributed by atoms with E-state index in [1.54, 1.807) is 0 Å². The predicted octanol–water partition coefficient (Wildman–Crippen LogP) is 6.32. The number of rotatable bonds is 10. The summed E-state index contributed by atoms with van der Waals surface area (Å²) >= 11 is 0. The van der Waals surface area contributed by atoms with Gasteiger partial charge in [0, 0.05) is 6.42 Å². The zero-order valence-corrected chi connectivity index (χ0v) is 14.1. The van der Waals surface area contributed by atoms with Gasteiger partial charge in [-0.1, -0.05) is 6.08 Å². The molecule has 0 spiro atoms. The first-order valence-corrected chi connectivity index (χ1v) is 7.21. The average Bonchev–Trinajstić information content (AvgIpc) is 2.52. The smallest absolute Gasteiger partial charge is 0.393 e. The van der Waals surface area contributed by atoms with E-state index in [0.717, 1.165) is 0 Å². The highest BCUT2D eigenvalue weighted by Gasteiger charge is 2.95. The Morgan fingerprint density at radius 2 is 0.839 bits per heavy atom. The number of hydrogen-bond donors (Lipinski definition) is 1. The lowest BCUT2D eigenvalue weighted by Crippen LogP contribution is -2.74. The van der Waals surface area contributed by atoms with Gasteiger partial charge in [0.2, 0.25) is 0 Å². The van der Waals surface area contributed by atoms with E-state index >= 15 is 0 Å². The number of aliphatic hydroxyl groups excluding tert-OH is 1. The van der Waals surface area contributed by atoms with Crippen LogP contribution in [0.2, 0.25) is 0 Å². The Hall–Kier alpha value is -1.49. The Morgan fingerprint density at radius 1 is 0.548 bits per heavy atom. The molecule has 0 amide bonds. The standard InChI is InChI=1S/C13H9F17O/c1-2-3-5(31)4-6(14,15)7(16,17)8(18,19)9(20,21)10(22,23)11(24,25)12(26,27)13(28,29)30/h2,5,31H,1,3-4H2. The molecule has 0 aliphatic carbocycles. The molecule has 186 valence electrons. The van der Waals surface area contributed by atoms with Gasteiger partial charge in [0.1, 0.15) is 0 Å². The molecule has 0 saturated heterocycles. The molecule has 0 aromatic heterocycles. The van der Waals surface area contributed by atoms with Gasteiger partial charge in [-0.2, -0.15) is 74.6 Å². The minimum Gasteiger partial charge on any atom is -0.393 e. The lowest BCUT2D eigenvalue weighted by atomic mass is 9.87. The summed E-state index contributed by atoms with van der Waals surface area (Å²) in [5, 5.41) is 8.89. The van der Waals surface area contributed by atoms with Gasteiger partial charge in [0.25, 0.3) is 0 Å². The van der Waals surface area contributed by atoms with Gasteiger partial charge in [-0.15, -0.1) is 6.58 Å². The zero-order chi connectivity index (χ0) is 25.7. The van der Waals surface area contributed by atoms with Crippen molar-refractivity contribution in [2.45, 2.75) is 66.6 Å². The van der Waals surface area contributed by atoms with Gasteiger partial charge >= 0.3 is 47.6 Å². The normalized spacial score (nSPS) is 17.0. The van der Waals surface area contributed by atoms with E-state index in [1.807, 2.05) is 0 Å². The molecule has 0 radical (unpaired) electrons. The van der Waals surface area contributed by atoms with Gasteiger partial charge in [-0.3, -0.25) is 0 Å². The van der Waals surface area contributed by atoms with Crippen LogP contribution in [0.25, 0.3) is 0 Å². The summed E-state index contributed by atoms with van der Waals surface area (Å²) in [5.74, 6) is -56.7. The van der Waals surface area contributed by atoms with Crippen LogP contribution in [-0.4, -0.2) is 58.8 Å². The average molecular weight is 504 g/mol. The van der Waals surface area contributed by atoms with Crippen LogP contribution in [-0.2, 0) is 0 Å². The summed E-state index contributed by atoms with van der Waals surface area (Å²) < 4.78 is 220. The SMILES string of the molecule is C=CCC(O)CC(F)(F)C(F)(F)C(F)(F)C(F)(F)C(F)(F)C(F)(F)C(F)(F)C(F)(F)F. The van der Waals surface area contributed by atoms with Crippen molar-refractivity contribution in [3.05, 3.63) is 12.7 Å². The number of hydrogen-bond acceptors (Lipinski definition) is 1. The van der Waals surface area contributed by atoms with Crippen molar-refractivity contribution >= 4 is 0 Å². The molecule has 18 heteroatoms. The summed E-state index contributed by atoms with van der Waals surface area (Å²) in [5.41, 5.74) is 0. The Labute approximate surface area is 160 Å². The van der Waals surface area contributed by atoms with Crippen LogP contribution in [0.3, 0.4) is 0 Å². The van der Waals surface area contributed by atoms with Crippen molar-refractivity contribution in [2.24, 2.45) is 0 Å². The van der Waals surface area contributed by atoms with E-state index in [2.05, 4.69) is 6.58 Å². The van der Waals surface area contributed by atoms with Crippen LogP contribution in [0, 0.1) is 0 Å². The van der Waals surface area contributed by atoms with E-state index in [-0.39, 0.29) is 0 Å². The minimum absolute atomic E-state index is 0.513. The predicted molar refractivity (Wildman–Crippen MR) is 66.1 cm³/mol. The maximum Gasteiger partial charge on any atom is 0.460 e. The maximum absolute atomic E-state index is 13.4. The van der Waals surface area contributed by atoms with E-state index in [0.29, 0.717) is 6.08 Å². The zero-order valence-electron chi connectivity index (χ0n) is 14.1. The lowest BCUT2D eigenvalue weighted by molar-refractivity contribution is -0.462. The molecule has 1 atom stereocenters. The highest BCUT2D eigenvalue weighted by atomic mass is 19.4. The Bertz CT molecular complexity index is 647. The van der Waals surface area contributed by atoms with Crippen molar-refractivity contribution in [3.63, 3.8) is 0 Å². The topological polar surface area (TPSA) is 20.2 Å². The number of alkyl halides is 17. The summed E-state index contributed by atoms with van der Waals surface area (Å²) in [6.45, 7) is 2.78. The van der Waals surface area contributed by atoms with E-state index < -0.39 is 66.6 Å². The highest BCUT2D eigenvalue weighted by Crippen LogP contribution is 2.64. The molecule has 0 saturated carbocycles. The van der Waals surface area contributed by atoms with Gasteiger partial charge in [0.05, 0.1) is 6.10 Å². The molecule has 0 bridgehead atoms. The second kappa shape index (κ2) is 7.83. The minimum atomic E-state index is -8.65. The molecule has 0 aromatic carbocycles.